The first-order valence-corrected chi connectivity index (χ1v) is 9.23. The van der Waals surface area contributed by atoms with Crippen molar-refractivity contribution < 1.29 is 13.2 Å². The van der Waals surface area contributed by atoms with Crippen LogP contribution in [0.2, 0.25) is 0 Å². The third-order valence-electron chi connectivity index (χ3n) is 3.44. The predicted molar refractivity (Wildman–Crippen MR) is 82.0 cm³/mol. The Kier molecular flexibility index (Phi) is 5.81. The number of nitrogens with zero attached hydrogens (tertiary/aromatic N) is 1. The average Bonchev–Trinajstić information content (AvgIpc) is 2.80. The number of amides is 1. The molecule has 0 radical (unpaired) electrons. The van der Waals surface area contributed by atoms with Gasteiger partial charge in [-0.15, -0.1) is 0 Å². The number of halogens is 1. The largest absolute Gasteiger partial charge is 0.350 e. The van der Waals surface area contributed by atoms with Crippen molar-refractivity contribution in [1.82, 2.24) is 15.5 Å². The highest BCUT2D eigenvalue weighted by Gasteiger charge is 2.28. The fourth-order valence-corrected chi connectivity index (χ4v) is 3.04. The molecule has 0 unspecified atom stereocenters. The number of rotatable bonds is 7. The number of aryl methyl sites for hydroxylation is 1. The van der Waals surface area contributed by atoms with Crippen molar-refractivity contribution in [2.75, 3.05) is 6.54 Å². The lowest BCUT2D eigenvalue weighted by molar-refractivity contribution is 0.0927. The van der Waals surface area contributed by atoms with Crippen molar-refractivity contribution in [3.63, 3.8) is 0 Å². The number of nitrogens with one attached hydrogen (secondary N) is 2. The molecule has 0 aromatic carbocycles. The van der Waals surface area contributed by atoms with E-state index in [1.165, 1.54) is 0 Å². The molecule has 21 heavy (non-hydrogen) atoms. The summed E-state index contributed by atoms with van der Waals surface area (Å²) < 4.78 is 23.4. The van der Waals surface area contributed by atoms with E-state index in [0.29, 0.717) is 25.1 Å². The normalized spacial score (nSPS) is 12.4. The zero-order chi connectivity index (χ0) is 16.3. The molecule has 0 aliphatic carbocycles. The summed E-state index contributed by atoms with van der Waals surface area (Å²) >= 11 is 0. The number of aromatic nitrogens is 2. The van der Waals surface area contributed by atoms with Crippen LogP contribution < -0.4 is 5.32 Å². The first kappa shape index (κ1) is 18.0. The monoisotopic (exact) mass is 335 g/mol. The first-order chi connectivity index (χ1) is 9.62. The van der Waals surface area contributed by atoms with Gasteiger partial charge in [-0.1, -0.05) is 34.1 Å². The van der Waals surface area contributed by atoms with Crippen molar-refractivity contribution in [3.8, 4) is 0 Å². The van der Waals surface area contributed by atoms with Gasteiger partial charge in [0.15, 0.2) is 5.69 Å². The van der Waals surface area contributed by atoms with Gasteiger partial charge < -0.3 is 5.32 Å². The summed E-state index contributed by atoms with van der Waals surface area (Å²) in [7, 11) is 1.41. The molecule has 6 nitrogen and oxygen atoms in total. The molecule has 0 saturated carbocycles. The number of carbonyl (C=O) groups excluding carboxylic acids is 1. The molecule has 1 heterocycles. The van der Waals surface area contributed by atoms with E-state index in [1.807, 2.05) is 27.7 Å². The Morgan fingerprint density at radius 1 is 1.38 bits per heavy atom. The first-order valence-electron chi connectivity index (χ1n) is 6.92. The second kappa shape index (κ2) is 6.79. The lowest BCUT2D eigenvalue weighted by Gasteiger charge is -2.22. The highest BCUT2D eigenvalue weighted by Crippen LogP contribution is 2.24. The molecule has 8 heteroatoms. The number of hydrogen-bond acceptors (Lipinski definition) is 4. The number of aromatic amines is 1. The predicted octanol–water partition coefficient (Wildman–Crippen LogP) is 2.46. The molecule has 0 spiro atoms. The number of hydrogen-bond donors (Lipinski definition) is 2. The van der Waals surface area contributed by atoms with Crippen LogP contribution in [0.1, 0.15) is 56.7 Å². The zero-order valence-corrected chi connectivity index (χ0v) is 14.4. The summed E-state index contributed by atoms with van der Waals surface area (Å²) in [4.78, 5) is 12.0. The van der Waals surface area contributed by atoms with E-state index in [0.717, 1.165) is 6.42 Å². The van der Waals surface area contributed by atoms with Crippen LogP contribution in [-0.4, -0.2) is 31.1 Å². The van der Waals surface area contributed by atoms with Gasteiger partial charge in [-0.05, 0) is 18.3 Å². The van der Waals surface area contributed by atoms with Crippen molar-refractivity contribution in [1.29, 1.82) is 0 Å². The van der Waals surface area contributed by atoms with E-state index in [-0.39, 0.29) is 16.0 Å². The molecular weight excluding hydrogens is 314 g/mol. The molecule has 0 saturated heterocycles. The smallest absolute Gasteiger partial charge is 0.273 e. The Morgan fingerprint density at radius 2 is 2.00 bits per heavy atom. The van der Waals surface area contributed by atoms with Crippen LogP contribution in [-0.2, 0) is 15.5 Å². The molecule has 0 atom stereocenters. The highest BCUT2D eigenvalue weighted by atomic mass is 35.7. The summed E-state index contributed by atoms with van der Waals surface area (Å²) in [5.41, 5.74) is 0.130. The van der Waals surface area contributed by atoms with Gasteiger partial charge in [0.25, 0.3) is 15.0 Å². The lowest BCUT2D eigenvalue weighted by atomic mass is 9.90. The average molecular weight is 336 g/mol. The van der Waals surface area contributed by atoms with E-state index < -0.39 is 15.0 Å². The second-order valence-electron chi connectivity index (χ2n) is 5.77. The van der Waals surface area contributed by atoms with Crippen LogP contribution in [0.5, 0.6) is 0 Å². The fourth-order valence-electron chi connectivity index (χ4n) is 1.73. The Bertz CT molecular complexity index is 608. The summed E-state index contributed by atoms with van der Waals surface area (Å²) in [5, 5.41) is 9.14. The van der Waals surface area contributed by atoms with Gasteiger partial charge in [-0.2, -0.15) is 5.10 Å². The molecule has 0 aliphatic rings. The third-order valence-corrected chi connectivity index (χ3v) is 4.83. The maximum atomic E-state index is 12.2. The Hall–Kier alpha value is -1.08. The topological polar surface area (TPSA) is 91.9 Å². The van der Waals surface area contributed by atoms with E-state index >= 15 is 0 Å². The van der Waals surface area contributed by atoms with Crippen molar-refractivity contribution >= 4 is 25.6 Å². The van der Waals surface area contributed by atoms with Crippen molar-refractivity contribution in [2.45, 2.75) is 51.9 Å². The van der Waals surface area contributed by atoms with Gasteiger partial charge in [0.1, 0.15) is 4.90 Å². The minimum Gasteiger partial charge on any atom is -0.350 e. The van der Waals surface area contributed by atoms with Gasteiger partial charge in [0, 0.05) is 17.2 Å². The van der Waals surface area contributed by atoms with Crippen LogP contribution in [0, 0.1) is 5.41 Å². The summed E-state index contributed by atoms with van der Waals surface area (Å²) in [6.07, 6.45) is 2.06. The fraction of sp³-hybridized carbons (Fsp3) is 0.692. The molecule has 1 aromatic rings. The SMILES string of the molecule is CCCc1[nH]nc(C(=O)NCC(C)(C)CC)c1S(=O)(=O)Cl. The molecular formula is C13H22ClN3O3S. The van der Waals surface area contributed by atoms with Crippen LogP contribution >= 0.6 is 10.7 Å². The molecule has 2 N–H and O–H groups in total. The van der Waals surface area contributed by atoms with Crippen molar-refractivity contribution in [3.05, 3.63) is 11.4 Å². The van der Waals surface area contributed by atoms with Crippen LogP contribution in [0.25, 0.3) is 0 Å². The lowest BCUT2D eigenvalue weighted by Crippen LogP contribution is -2.34. The second-order valence-corrected chi connectivity index (χ2v) is 8.27. The van der Waals surface area contributed by atoms with Crippen LogP contribution in [0.15, 0.2) is 4.90 Å². The summed E-state index contributed by atoms with van der Waals surface area (Å²) in [6, 6.07) is 0. The maximum absolute atomic E-state index is 12.2. The van der Waals surface area contributed by atoms with Gasteiger partial charge in [-0.25, -0.2) is 8.42 Å². The minimum atomic E-state index is -4.03. The standard InChI is InChI=1S/C13H22ClN3O3S/c1-5-7-9-11(21(14,19)20)10(17-16-9)12(18)15-8-13(3,4)6-2/h5-8H2,1-4H3,(H,15,18)(H,16,17). The maximum Gasteiger partial charge on any atom is 0.273 e. The Labute approximate surface area is 130 Å². The van der Waals surface area contributed by atoms with E-state index in [4.69, 9.17) is 10.7 Å². The van der Waals surface area contributed by atoms with Crippen molar-refractivity contribution in [2.24, 2.45) is 5.41 Å². The molecule has 0 fully saturated rings. The molecule has 1 amide bonds. The van der Waals surface area contributed by atoms with E-state index in [1.54, 1.807) is 0 Å². The van der Waals surface area contributed by atoms with E-state index in [2.05, 4.69) is 15.5 Å². The number of carbonyl (C=O) groups is 1. The van der Waals surface area contributed by atoms with Gasteiger partial charge in [0.2, 0.25) is 0 Å². The van der Waals surface area contributed by atoms with Crippen LogP contribution in [0.3, 0.4) is 0 Å². The Balaban J connectivity index is 3.05. The van der Waals surface area contributed by atoms with E-state index in [9.17, 15) is 13.2 Å². The quantitative estimate of drug-likeness (QED) is 0.749. The molecule has 1 rings (SSSR count). The highest BCUT2D eigenvalue weighted by molar-refractivity contribution is 8.13. The Morgan fingerprint density at radius 3 is 2.48 bits per heavy atom. The zero-order valence-electron chi connectivity index (χ0n) is 12.8. The molecule has 0 aliphatic heterocycles. The summed E-state index contributed by atoms with van der Waals surface area (Å²) in [6.45, 7) is 8.38. The molecule has 120 valence electrons. The van der Waals surface area contributed by atoms with Crippen LogP contribution in [0.4, 0.5) is 0 Å². The molecule has 1 aromatic heterocycles. The summed E-state index contributed by atoms with van der Waals surface area (Å²) in [5.74, 6) is -0.533. The molecule has 0 bridgehead atoms. The third kappa shape index (κ3) is 4.71. The van der Waals surface area contributed by atoms with Gasteiger partial charge >= 0.3 is 0 Å². The van der Waals surface area contributed by atoms with Gasteiger partial charge in [-0.3, -0.25) is 9.89 Å². The number of H-pyrrole nitrogens is 1. The van der Waals surface area contributed by atoms with Gasteiger partial charge in [0.05, 0.1) is 5.69 Å². The minimum absolute atomic E-state index is 0.0712.